The van der Waals surface area contributed by atoms with E-state index in [4.69, 9.17) is 17.3 Å². The second-order valence-corrected chi connectivity index (χ2v) is 6.71. The van der Waals surface area contributed by atoms with Gasteiger partial charge in [-0.3, -0.25) is 4.79 Å². The van der Waals surface area contributed by atoms with Crippen molar-refractivity contribution in [1.29, 1.82) is 0 Å². The summed E-state index contributed by atoms with van der Waals surface area (Å²) in [6, 6.07) is 7.63. The Balaban J connectivity index is 2.03. The number of rotatable bonds is 4. The highest BCUT2D eigenvalue weighted by Gasteiger charge is 2.32. The molecule has 0 spiro atoms. The van der Waals surface area contributed by atoms with Gasteiger partial charge in [0, 0.05) is 24.0 Å². The van der Waals surface area contributed by atoms with E-state index in [0.717, 1.165) is 31.2 Å². The van der Waals surface area contributed by atoms with Gasteiger partial charge >= 0.3 is 0 Å². The molecule has 1 fully saturated rings. The number of carbonyl (C=O) groups is 1. The molecule has 1 amide bonds. The van der Waals surface area contributed by atoms with Gasteiger partial charge in [-0.2, -0.15) is 0 Å². The van der Waals surface area contributed by atoms with Crippen LogP contribution in [0, 0.1) is 0 Å². The number of carbonyl (C=O) groups excluding carboxylic acids is 1. The van der Waals surface area contributed by atoms with Crippen LogP contribution in [-0.4, -0.2) is 23.4 Å². The summed E-state index contributed by atoms with van der Waals surface area (Å²) < 4.78 is 0. The van der Waals surface area contributed by atoms with Crippen molar-refractivity contribution in [2.45, 2.75) is 57.0 Å². The van der Waals surface area contributed by atoms with E-state index in [1.807, 2.05) is 38.2 Å². The van der Waals surface area contributed by atoms with Crippen LogP contribution in [0.4, 0.5) is 0 Å². The van der Waals surface area contributed by atoms with Crippen LogP contribution < -0.4 is 5.73 Å². The minimum atomic E-state index is -0.316. The maximum absolute atomic E-state index is 12.5. The van der Waals surface area contributed by atoms with Crippen LogP contribution in [0.1, 0.15) is 57.1 Å². The quantitative estimate of drug-likeness (QED) is 0.916. The van der Waals surface area contributed by atoms with E-state index in [1.165, 1.54) is 6.42 Å². The van der Waals surface area contributed by atoms with Crippen LogP contribution in [0.5, 0.6) is 0 Å². The Bertz CT molecular complexity index is 497. The summed E-state index contributed by atoms with van der Waals surface area (Å²) in [5.41, 5.74) is 7.05. The van der Waals surface area contributed by atoms with Gasteiger partial charge in [-0.25, -0.2) is 0 Å². The van der Waals surface area contributed by atoms with Crippen molar-refractivity contribution in [3.05, 3.63) is 34.9 Å². The SMILES string of the molecule is CC(c1ccccc1Cl)N(C)C(=O)CC1(N)CCCCC1. The number of nitrogens with two attached hydrogens (primary N) is 1. The molecule has 116 valence electrons. The van der Waals surface area contributed by atoms with Crippen molar-refractivity contribution in [3.63, 3.8) is 0 Å². The molecule has 0 radical (unpaired) electrons. The van der Waals surface area contributed by atoms with Gasteiger partial charge < -0.3 is 10.6 Å². The minimum absolute atomic E-state index is 0.0432. The van der Waals surface area contributed by atoms with Crippen LogP contribution in [0.3, 0.4) is 0 Å². The van der Waals surface area contributed by atoms with Crippen molar-refractivity contribution < 1.29 is 4.79 Å². The van der Waals surface area contributed by atoms with Gasteiger partial charge in [-0.05, 0) is 31.4 Å². The van der Waals surface area contributed by atoms with Crippen molar-refractivity contribution in [1.82, 2.24) is 4.90 Å². The lowest BCUT2D eigenvalue weighted by molar-refractivity contribution is -0.133. The Labute approximate surface area is 132 Å². The molecular weight excluding hydrogens is 284 g/mol. The number of hydrogen-bond donors (Lipinski definition) is 1. The first-order chi connectivity index (χ1) is 9.93. The zero-order chi connectivity index (χ0) is 15.5. The van der Waals surface area contributed by atoms with Crippen LogP contribution >= 0.6 is 11.6 Å². The Hall–Kier alpha value is -1.06. The summed E-state index contributed by atoms with van der Waals surface area (Å²) in [7, 11) is 1.84. The highest BCUT2D eigenvalue weighted by Crippen LogP contribution is 2.31. The molecule has 2 N–H and O–H groups in total. The molecule has 21 heavy (non-hydrogen) atoms. The lowest BCUT2D eigenvalue weighted by atomic mass is 9.80. The highest BCUT2D eigenvalue weighted by molar-refractivity contribution is 6.31. The summed E-state index contributed by atoms with van der Waals surface area (Å²) in [5.74, 6) is 0.104. The van der Waals surface area contributed by atoms with Crippen molar-refractivity contribution in [2.24, 2.45) is 5.73 Å². The standard InChI is InChI=1S/C17H25ClN2O/c1-13(14-8-4-5-9-15(14)18)20(2)16(21)12-17(19)10-6-3-7-11-17/h4-5,8-9,13H,3,6-7,10-12,19H2,1-2H3. The van der Waals surface area contributed by atoms with Gasteiger partial charge in [0.2, 0.25) is 5.91 Å². The van der Waals surface area contributed by atoms with E-state index in [9.17, 15) is 4.79 Å². The number of benzene rings is 1. The lowest BCUT2D eigenvalue weighted by Crippen LogP contribution is -2.46. The molecule has 0 aliphatic heterocycles. The molecule has 1 aromatic carbocycles. The van der Waals surface area contributed by atoms with Crippen molar-refractivity contribution >= 4 is 17.5 Å². The minimum Gasteiger partial charge on any atom is -0.339 e. The largest absolute Gasteiger partial charge is 0.339 e. The molecule has 2 rings (SSSR count). The maximum atomic E-state index is 12.5. The predicted octanol–water partition coefficient (Wildman–Crippen LogP) is 3.91. The van der Waals surface area contributed by atoms with E-state index in [0.29, 0.717) is 11.4 Å². The lowest BCUT2D eigenvalue weighted by Gasteiger charge is -2.35. The summed E-state index contributed by atoms with van der Waals surface area (Å²) in [4.78, 5) is 14.3. The molecule has 1 saturated carbocycles. The van der Waals surface area contributed by atoms with Gasteiger partial charge in [-0.15, -0.1) is 0 Å². The Morgan fingerprint density at radius 3 is 2.57 bits per heavy atom. The molecule has 1 unspecified atom stereocenters. The molecule has 0 saturated heterocycles. The van der Waals surface area contributed by atoms with Crippen molar-refractivity contribution in [3.8, 4) is 0 Å². The van der Waals surface area contributed by atoms with Gasteiger partial charge in [-0.1, -0.05) is 49.1 Å². The van der Waals surface area contributed by atoms with Gasteiger partial charge in [0.1, 0.15) is 0 Å². The number of hydrogen-bond acceptors (Lipinski definition) is 2. The summed E-state index contributed by atoms with van der Waals surface area (Å²) >= 11 is 6.22. The van der Waals surface area contributed by atoms with E-state index < -0.39 is 0 Å². The van der Waals surface area contributed by atoms with E-state index in [-0.39, 0.29) is 17.5 Å². The maximum Gasteiger partial charge on any atom is 0.224 e. The molecule has 0 aromatic heterocycles. The highest BCUT2D eigenvalue weighted by atomic mass is 35.5. The zero-order valence-electron chi connectivity index (χ0n) is 12.9. The second kappa shape index (κ2) is 6.80. The Kier molecular flexibility index (Phi) is 5.28. The zero-order valence-corrected chi connectivity index (χ0v) is 13.7. The monoisotopic (exact) mass is 308 g/mol. The third-order valence-corrected chi connectivity index (χ3v) is 5.03. The van der Waals surface area contributed by atoms with Crippen molar-refractivity contribution in [2.75, 3.05) is 7.05 Å². The molecule has 3 nitrogen and oxygen atoms in total. The first-order valence-electron chi connectivity index (χ1n) is 7.72. The fourth-order valence-electron chi connectivity index (χ4n) is 3.10. The molecule has 1 aliphatic rings. The van der Waals surface area contributed by atoms with Crippen LogP contribution in [-0.2, 0) is 4.79 Å². The molecular formula is C17H25ClN2O. The fraction of sp³-hybridized carbons (Fsp3) is 0.588. The van der Waals surface area contributed by atoms with E-state index in [1.54, 1.807) is 4.90 Å². The molecule has 1 atom stereocenters. The molecule has 0 heterocycles. The second-order valence-electron chi connectivity index (χ2n) is 6.30. The number of nitrogens with zero attached hydrogens (tertiary/aromatic N) is 1. The molecule has 4 heteroatoms. The summed E-state index contributed by atoms with van der Waals surface area (Å²) in [5, 5.41) is 0.699. The Morgan fingerprint density at radius 1 is 1.33 bits per heavy atom. The predicted molar refractivity (Wildman–Crippen MR) is 87.3 cm³/mol. The number of halogens is 1. The summed E-state index contributed by atoms with van der Waals surface area (Å²) in [6.07, 6.45) is 5.83. The topological polar surface area (TPSA) is 46.3 Å². The molecule has 1 aliphatic carbocycles. The van der Waals surface area contributed by atoms with E-state index >= 15 is 0 Å². The average Bonchev–Trinajstić information content (AvgIpc) is 2.46. The van der Waals surface area contributed by atoms with E-state index in [2.05, 4.69) is 0 Å². The molecule has 1 aromatic rings. The molecule has 0 bridgehead atoms. The average molecular weight is 309 g/mol. The Morgan fingerprint density at radius 2 is 1.95 bits per heavy atom. The van der Waals surface area contributed by atoms with Crippen LogP contribution in [0.15, 0.2) is 24.3 Å². The third-order valence-electron chi connectivity index (χ3n) is 4.68. The normalized spacial score (nSPS) is 19.0. The van der Waals surface area contributed by atoms with Crippen LogP contribution in [0.25, 0.3) is 0 Å². The first-order valence-corrected chi connectivity index (χ1v) is 8.10. The number of amides is 1. The van der Waals surface area contributed by atoms with Gasteiger partial charge in [0.25, 0.3) is 0 Å². The van der Waals surface area contributed by atoms with Gasteiger partial charge in [0.15, 0.2) is 0 Å². The fourth-order valence-corrected chi connectivity index (χ4v) is 3.39. The third kappa shape index (κ3) is 3.98. The first kappa shape index (κ1) is 16.3. The summed E-state index contributed by atoms with van der Waals surface area (Å²) in [6.45, 7) is 2.00. The smallest absolute Gasteiger partial charge is 0.224 e. The van der Waals surface area contributed by atoms with Gasteiger partial charge in [0.05, 0.1) is 6.04 Å². The van der Waals surface area contributed by atoms with Crippen LogP contribution in [0.2, 0.25) is 5.02 Å².